The summed E-state index contributed by atoms with van der Waals surface area (Å²) >= 11 is 12.8. The minimum atomic E-state index is 0.381. The average molecular weight is 371 g/mol. The molecule has 0 aliphatic carbocycles. The molecule has 0 fully saturated rings. The van der Waals surface area contributed by atoms with Gasteiger partial charge in [0.05, 0.1) is 0 Å². The Labute approximate surface area is 156 Å². The van der Waals surface area contributed by atoms with Gasteiger partial charge in [-0.1, -0.05) is 58.2 Å². The van der Waals surface area contributed by atoms with Crippen LogP contribution in [-0.4, -0.2) is 5.16 Å². The van der Waals surface area contributed by atoms with Crippen LogP contribution in [0.1, 0.15) is 27.8 Å². The van der Waals surface area contributed by atoms with Crippen molar-refractivity contribution in [2.45, 2.75) is 27.7 Å². The molecule has 0 radical (unpaired) electrons. The SMILES string of the molecule is Cc1ccc(-c2onc(-c3c(C)c(Cl)c(C)c(Cl)c3C)c2C#N)cc1. The van der Waals surface area contributed by atoms with Gasteiger partial charge in [0.25, 0.3) is 0 Å². The number of nitriles is 1. The molecule has 0 saturated carbocycles. The van der Waals surface area contributed by atoms with Crippen LogP contribution in [0, 0.1) is 39.0 Å². The van der Waals surface area contributed by atoms with Gasteiger partial charge in [-0.3, -0.25) is 0 Å². The van der Waals surface area contributed by atoms with Gasteiger partial charge in [-0.25, -0.2) is 0 Å². The second kappa shape index (κ2) is 6.55. The first-order valence-corrected chi connectivity index (χ1v) is 8.54. The van der Waals surface area contributed by atoms with Crippen LogP contribution in [-0.2, 0) is 0 Å². The van der Waals surface area contributed by atoms with Crippen molar-refractivity contribution >= 4 is 23.2 Å². The molecule has 0 amide bonds. The smallest absolute Gasteiger partial charge is 0.185 e. The first-order chi connectivity index (χ1) is 11.9. The number of nitrogens with zero attached hydrogens (tertiary/aromatic N) is 2. The van der Waals surface area contributed by atoms with Crippen molar-refractivity contribution < 1.29 is 4.52 Å². The molecule has 0 aliphatic heterocycles. The van der Waals surface area contributed by atoms with Crippen LogP contribution in [0.25, 0.3) is 22.6 Å². The fourth-order valence-electron chi connectivity index (χ4n) is 2.98. The summed E-state index contributed by atoms with van der Waals surface area (Å²) in [6.07, 6.45) is 0. The highest BCUT2D eigenvalue weighted by Crippen LogP contribution is 2.41. The monoisotopic (exact) mass is 370 g/mol. The van der Waals surface area contributed by atoms with E-state index in [9.17, 15) is 5.26 Å². The molecule has 126 valence electrons. The maximum Gasteiger partial charge on any atom is 0.185 e. The number of hydrogen-bond acceptors (Lipinski definition) is 3. The van der Waals surface area contributed by atoms with Crippen molar-refractivity contribution in [2.24, 2.45) is 0 Å². The Balaban J connectivity index is 2.28. The lowest BCUT2D eigenvalue weighted by Gasteiger charge is -2.14. The first kappa shape index (κ1) is 17.5. The van der Waals surface area contributed by atoms with Gasteiger partial charge in [-0.15, -0.1) is 0 Å². The number of aromatic nitrogens is 1. The Hall–Kier alpha value is -2.28. The average Bonchev–Trinajstić information content (AvgIpc) is 3.02. The Bertz CT molecular complexity index is 983. The summed E-state index contributed by atoms with van der Waals surface area (Å²) < 4.78 is 5.53. The van der Waals surface area contributed by atoms with Gasteiger partial charge in [0, 0.05) is 21.2 Å². The van der Waals surface area contributed by atoms with Gasteiger partial charge in [0.15, 0.2) is 5.76 Å². The lowest BCUT2D eigenvalue weighted by molar-refractivity contribution is 0.434. The third kappa shape index (κ3) is 2.82. The molecule has 3 nitrogen and oxygen atoms in total. The molecule has 0 unspecified atom stereocenters. The molecular weight excluding hydrogens is 355 g/mol. The summed E-state index contributed by atoms with van der Waals surface area (Å²) in [6, 6.07) is 9.98. The van der Waals surface area contributed by atoms with E-state index in [0.717, 1.165) is 33.4 Å². The highest BCUT2D eigenvalue weighted by molar-refractivity contribution is 6.37. The van der Waals surface area contributed by atoms with E-state index >= 15 is 0 Å². The highest BCUT2D eigenvalue weighted by Gasteiger charge is 2.24. The molecule has 3 aromatic rings. The summed E-state index contributed by atoms with van der Waals surface area (Å²) in [4.78, 5) is 0. The summed E-state index contributed by atoms with van der Waals surface area (Å²) in [5, 5.41) is 15.1. The van der Waals surface area contributed by atoms with Crippen molar-refractivity contribution in [2.75, 3.05) is 0 Å². The second-order valence-electron chi connectivity index (χ2n) is 6.09. The van der Waals surface area contributed by atoms with Crippen molar-refractivity contribution in [1.82, 2.24) is 5.16 Å². The zero-order chi connectivity index (χ0) is 18.3. The van der Waals surface area contributed by atoms with E-state index in [1.54, 1.807) is 0 Å². The third-order valence-electron chi connectivity index (χ3n) is 4.42. The third-order valence-corrected chi connectivity index (χ3v) is 5.56. The van der Waals surface area contributed by atoms with E-state index in [2.05, 4.69) is 11.2 Å². The summed E-state index contributed by atoms with van der Waals surface area (Å²) in [6.45, 7) is 7.68. The maximum absolute atomic E-state index is 9.72. The number of hydrogen-bond donors (Lipinski definition) is 0. The normalized spacial score (nSPS) is 10.8. The summed E-state index contributed by atoms with van der Waals surface area (Å²) in [7, 11) is 0. The van der Waals surface area contributed by atoms with E-state index in [4.69, 9.17) is 27.7 Å². The van der Waals surface area contributed by atoms with Gasteiger partial charge < -0.3 is 4.52 Å². The molecular formula is C20H16Cl2N2O. The van der Waals surface area contributed by atoms with Crippen LogP contribution < -0.4 is 0 Å². The molecule has 2 aromatic carbocycles. The molecule has 1 heterocycles. The fourth-order valence-corrected chi connectivity index (χ4v) is 3.41. The number of halogens is 2. The van der Waals surface area contributed by atoms with Gasteiger partial charge in [0.2, 0.25) is 0 Å². The van der Waals surface area contributed by atoms with Crippen LogP contribution in [0.4, 0.5) is 0 Å². The minimum Gasteiger partial charge on any atom is -0.354 e. The van der Waals surface area contributed by atoms with Crippen LogP contribution in [0.3, 0.4) is 0 Å². The Morgan fingerprint density at radius 1 is 0.920 bits per heavy atom. The van der Waals surface area contributed by atoms with Gasteiger partial charge in [-0.2, -0.15) is 5.26 Å². The zero-order valence-electron chi connectivity index (χ0n) is 14.4. The molecule has 5 heteroatoms. The lowest BCUT2D eigenvalue weighted by atomic mass is 9.94. The van der Waals surface area contributed by atoms with E-state index in [1.165, 1.54) is 0 Å². The molecule has 0 atom stereocenters. The maximum atomic E-state index is 9.72. The number of aryl methyl sites for hydroxylation is 1. The topological polar surface area (TPSA) is 49.8 Å². The van der Waals surface area contributed by atoms with Crippen molar-refractivity contribution in [1.29, 1.82) is 5.26 Å². The largest absolute Gasteiger partial charge is 0.354 e. The second-order valence-corrected chi connectivity index (χ2v) is 6.85. The van der Waals surface area contributed by atoms with Gasteiger partial charge in [-0.05, 0) is 44.4 Å². The van der Waals surface area contributed by atoms with Crippen LogP contribution in [0.5, 0.6) is 0 Å². The first-order valence-electron chi connectivity index (χ1n) is 7.78. The lowest BCUT2D eigenvalue weighted by Crippen LogP contribution is -1.96. The standard InChI is InChI=1S/C20H16Cl2N2O/c1-10-5-7-14(8-6-10)20-15(9-23)19(24-25-20)16-11(2)17(21)13(4)18(22)12(16)3/h5-8H,1-4H3. The molecule has 0 saturated heterocycles. The molecule has 25 heavy (non-hydrogen) atoms. The quantitative estimate of drug-likeness (QED) is 0.522. The summed E-state index contributed by atoms with van der Waals surface area (Å²) in [5.74, 6) is 0.448. The number of rotatable bonds is 2. The fraction of sp³-hybridized carbons (Fsp3) is 0.200. The Morgan fingerprint density at radius 3 is 2.00 bits per heavy atom. The molecule has 0 aliphatic rings. The van der Waals surface area contributed by atoms with Gasteiger partial charge >= 0.3 is 0 Å². The zero-order valence-corrected chi connectivity index (χ0v) is 15.9. The van der Waals surface area contributed by atoms with E-state index < -0.39 is 0 Å². The highest BCUT2D eigenvalue weighted by atomic mass is 35.5. The predicted molar refractivity (Wildman–Crippen MR) is 101 cm³/mol. The van der Waals surface area contributed by atoms with Crippen molar-refractivity contribution in [3.8, 4) is 28.7 Å². The minimum absolute atomic E-state index is 0.381. The van der Waals surface area contributed by atoms with Gasteiger partial charge in [0.1, 0.15) is 17.3 Å². The van der Waals surface area contributed by atoms with Crippen molar-refractivity contribution in [3.05, 3.63) is 62.1 Å². The Morgan fingerprint density at radius 2 is 1.48 bits per heavy atom. The number of benzene rings is 2. The molecule has 0 bridgehead atoms. The van der Waals surface area contributed by atoms with Crippen LogP contribution in [0.15, 0.2) is 28.8 Å². The molecule has 0 spiro atoms. The molecule has 3 rings (SSSR count). The molecule has 1 aromatic heterocycles. The predicted octanol–water partition coefficient (Wildman–Crippen LogP) is 6.42. The Kier molecular flexibility index (Phi) is 4.60. The van der Waals surface area contributed by atoms with E-state index in [-0.39, 0.29) is 0 Å². The van der Waals surface area contributed by atoms with Crippen molar-refractivity contribution in [3.63, 3.8) is 0 Å². The van der Waals surface area contributed by atoms with E-state index in [1.807, 2.05) is 52.0 Å². The van der Waals surface area contributed by atoms with E-state index in [0.29, 0.717) is 27.1 Å². The summed E-state index contributed by atoms with van der Waals surface area (Å²) in [5.41, 5.74) is 6.03. The van der Waals surface area contributed by atoms with Crippen LogP contribution in [0.2, 0.25) is 10.0 Å². The van der Waals surface area contributed by atoms with Crippen LogP contribution >= 0.6 is 23.2 Å². The molecule has 0 N–H and O–H groups in total.